The molecule has 1 fully saturated rings. The Labute approximate surface area is 173 Å². The first-order valence-electron chi connectivity index (χ1n) is 9.59. The van der Waals surface area contributed by atoms with Crippen molar-refractivity contribution < 1.29 is 14.3 Å². The number of hydrogen-bond acceptors (Lipinski definition) is 9. The molecule has 0 saturated carbocycles. The van der Waals surface area contributed by atoms with Gasteiger partial charge in [0.15, 0.2) is 28.5 Å². The summed E-state index contributed by atoms with van der Waals surface area (Å²) in [7, 11) is 3.19. The predicted molar refractivity (Wildman–Crippen MR) is 113 cm³/mol. The van der Waals surface area contributed by atoms with Crippen LogP contribution >= 0.6 is 0 Å². The van der Waals surface area contributed by atoms with Crippen molar-refractivity contribution in [1.29, 1.82) is 0 Å². The summed E-state index contributed by atoms with van der Waals surface area (Å²) >= 11 is 0. The zero-order valence-corrected chi connectivity index (χ0v) is 17.1. The number of ether oxygens (including phenoxy) is 2. The van der Waals surface area contributed by atoms with E-state index in [1.165, 1.54) is 6.92 Å². The highest BCUT2D eigenvalue weighted by Gasteiger charge is 2.20. The number of carbonyl (C=O) groups excluding carboxylic acids is 1. The molecule has 4 rings (SSSR count). The van der Waals surface area contributed by atoms with E-state index in [9.17, 15) is 4.79 Å². The Morgan fingerprint density at radius 3 is 2.57 bits per heavy atom. The molecule has 30 heavy (non-hydrogen) atoms. The van der Waals surface area contributed by atoms with Crippen molar-refractivity contribution in [1.82, 2.24) is 25.3 Å². The van der Waals surface area contributed by atoms with Crippen LogP contribution in [-0.4, -0.2) is 66.2 Å². The molecule has 3 aromatic rings. The Balaban J connectivity index is 1.83. The van der Waals surface area contributed by atoms with Crippen molar-refractivity contribution in [2.45, 2.75) is 6.92 Å². The molecule has 1 aromatic carbocycles. The quantitative estimate of drug-likeness (QED) is 0.646. The van der Waals surface area contributed by atoms with Gasteiger partial charge in [-0.3, -0.25) is 10.1 Å². The van der Waals surface area contributed by atoms with Crippen molar-refractivity contribution in [2.24, 2.45) is 0 Å². The minimum atomic E-state index is -0.240. The van der Waals surface area contributed by atoms with E-state index in [1.807, 2.05) is 18.2 Å². The van der Waals surface area contributed by atoms with Crippen LogP contribution in [0.4, 0.5) is 11.8 Å². The number of nitrogens with one attached hydrogen (secondary N) is 2. The second kappa shape index (κ2) is 8.46. The van der Waals surface area contributed by atoms with Gasteiger partial charge < -0.3 is 19.7 Å². The normalized spacial score (nSPS) is 13.9. The zero-order chi connectivity index (χ0) is 21.1. The Kier molecular flexibility index (Phi) is 5.57. The van der Waals surface area contributed by atoms with E-state index in [0.29, 0.717) is 34.2 Å². The summed E-state index contributed by atoms with van der Waals surface area (Å²) in [4.78, 5) is 31.9. The highest BCUT2D eigenvalue weighted by atomic mass is 16.5. The first-order chi connectivity index (χ1) is 14.6. The van der Waals surface area contributed by atoms with Gasteiger partial charge in [0.2, 0.25) is 11.9 Å². The molecular formula is C20H23N7O3. The summed E-state index contributed by atoms with van der Waals surface area (Å²) in [6.07, 6.45) is 1.65. The summed E-state index contributed by atoms with van der Waals surface area (Å²) in [6.45, 7) is 4.64. The van der Waals surface area contributed by atoms with Crippen LogP contribution in [0.5, 0.6) is 11.5 Å². The fraction of sp³-hybridized carbons (Fsp3) is 0.350. The molecule has 0 unspecified atom stereocenters. The van der Waals surface area contributed by atoms with Gasteiger partial charge in [0, 0.05) is 38.7 Å². The van der Waals surface area contributed by atoms with Gasteiger partial charge in [-0.05, 0) is 18.2 Å². The average molecular weight is 409 g/mol. The van der Waals surface area contributed by atoms with E-state index in [2.05, 4.69) is 30.5 Å². The number of fused-ring (bicyclic) bond motifs is 1. The third kappa shape index (κ3) is 3.94. The summed E-state index contributed by atoms with van der Waals surface area (Å²) in [6, 6.07) is 5.58. The fourth-order valence-corrected chi connectivity index (χ4v) is 3.34. The molecule has 0 bridgehead atoms. The largest absolute Gasteiger partial charge is 0.493 e. The second-order valence-corrected chi connectivity index (χ2v) is 6.79. The average Bonchev–Trinajstić information content (AvgIpc) is 2.78. The van der Waals surface area contributed by atoms with Crippen molar-refractivity contribution in [3.63, 3.8) is 0 Å². The number of aromatic nitrogens is 4. The number of piperazine rings is 1. The molecule has 2 N–H and O–H groups in total. The lowest BCUT2D eigenvalue weighted by Gasteiger charge is -2.29. The van der Waals surface area contributed by atoms with E-state index in [4.69, 9.17) is 14.5 Å². The van der Waals surface area contributed by atoms with Crippen LogP contribution in [0.1, 0.15) is 6.92 Å². The lowest BCUT2D eigenvalue weighted by Crippen LogP contribution is -2.44. The molecule has 10 nitrogen and oxygen atoms in total. The van der Waals surface area contributed by atoms with Gasteiger partial charge in [0.1, 0.15) is 0 Å². The van der Waals surface area contributed by atoms with Crippen LogP contribution in [0.3, 0.4) is 0 Å². The molecule has 1 saturated heterocycles. The van der Waals surface area contributed by atoms with Gasteiger partial charge >= 0.3 is 0 Å². The van der Waals surface area contributed by atoms with Gasteiger partial charge in [0.25, 0.3) is 0 Å². The van der Waals surface area contributed by atoms with Crippen LogP contribution in [0.2, 0.25) is 0 Å². The first kappa shape index (κ1) is 19.8. The lowest BCUT2D eigenvalue weighted by atomic mass is 10.1. The maximum absolute atomic E-state index is 11.5. The minimum absolute atomic E-state index is 0.219. The Morgan fingerprint density at radius 1 is 1.10 bits per heavy atom. The molecule has 156 valence electrons. The van der Waals surface area contributed by atoms with E-state index >= 15 is 0 Å². The summed E-state index contributed by atoms with van der Waals surface area (Å²) in [5, 5.41) is 5.97. The maximum atomic E-state index is 11.5. The number of carbonyl (C=O) groups is 1. The third-order valence-corrected chi connectivity index (χ3v) is 4.77. The van der Waals surface area contributed by atoms with Crippen LogP contribution in [0.25, 0.3) is 22.4 Å². The summed E-state index contributed by atoms with van der Waals surface area (Å²) < 4.78 is 10.7. The van der Waals surface area contributed by atoms with E-state index < -0.39 is 0 Å². The Hall–Kier alpha value is -3.53. The maximum Gasteiger partial charge on any atom is 0.233 e. The Morgan fingerprint density at radius 2 is 1.87 bits per heavy atom. The highest BCUT2D eigenvalue weighted by molar-refractivity contribution is 5.90. The molecule has 1 aliphatic heterocycles. The summed E-state index contributed by atoms with van der Waals surface area (Å²) in [5.74, 6) is 1.88. The number of hydrogen-bond donors (Lipinski definition) is 2. The Bertz CT molecular complexity index is 1080. The molecule has 2 aromatic heterocycles. The van der Waals surface area contributed by atoms with Gasteiger partial charge in [-0.1, -0.05) is 0 Å². The first-order valence-corrected chi connectivity index (χ1v) is 9.59. The van der Waals surface area contributed by atoms with Crippen molar-refractivity contribution in [2.75, 3.05) is 50.6 Å². The number of amides is 1. The topological polar surface area (TPSA) is 114 Å². The molecule has 0 atom stereocenters. The standard InChI is InChI=1S/C20H23N7O3/c1-12(28)23-20-25-18-17(19(26-20)27-8-6-21-7-9-27)24-14(11-22-18)13-4-5-15(29-2)16(10-13)30-3/h4-5,10-11,21H,6-9H2,1-3H3,(H,22,23,25,26,28). The number of benzene rings is 1. The number of anilines is 2. The fourth-order valence-electron chi connectivity index (χ4n) is 3.34. The number of rotatable bonds is 5. The molecule has 1 amide bonds. The third-order valence-electron chi connectivity index (χ3n) is 4.77. The van der Waals surface area contributed by atoms with Gasteiger partial charge in [-0.2, -0.15) is 9.97 Å². The van der Waals surface area contributed by atoms with Crippen LogP contribution in [0.15, 0.2) is 24.4 Å². The lowest BCUT2D eigenvalue weighted by molar-refractivity contribution is -0.114. The molecule has 3 heterocycles. The second-order valence-electron chi connectivity index (χ2n) is 6.79. The van der Waals surface area contributed by atoms with Gasteiger partial charge in [0.05, 0.1) is 26.1 Å². The van der Waals surface area contributed by atoms with Gasteiger partial charge in [-0.25, -0.2) is 9.97 Å². The van der Waals surface area contributed by atoms with E-state index in [0.717, 1.165) is 31.7 Å². The van der Waals surface area contributed by atoms with Crippen LogP contribution in [-0.2, 0) is 4.79 Å². The van der Waals surface area contributed by atoms with Crippen molar-refractivity contribution in [3.8, 4) is 22.8 Å². The predicted octanol–water partition coefficient (Wildman–Crippen LogP) is 1.47. The molecule has 1 aliphatic rings. The van der Waals surface area contributed by atoms with Gasteiger partial charge in [-0.15, -0.1) is 0 Å². The van der Waals surface area contributed by atoms with Crippen molar-refractivity contribution in [3.05, 3.63) is 24.4 Å². The molecule has 0 radical (unpaired) electrons. The van der Waals surface area contributed by atoms with E-state index in [-0.39, 0.29) is 11.9 Å². The molecular weight excluding hydrogens is 386 g/mol. The van der Waals surface area contributed by atoms with E-state index in [1.54, 1.807) is 20.4 Å². The number of nitrogens with zero attached hydrogens (tertiary/aromatic N) is 5. The molecule has 0 aliphatic carbocycles. The number of methoxy groups -OCH3 is 2. The van der Waals surface area contributed by atoms with Crippen molar-refractivity contribution >= 4 is 28.8 Å². The molecule has 10 heteroatoms. The SMILES string of the molecule is COc1ccc(-c2cnc3nc(NC(C)=O)nc(N4CCNCC4)c3n2)cc1OC. The highest BCUT2D eigenvalue weighted by Crippen LogP contribution is 2.32. The minimum Gasteiger partial charge on any atom is -0.493 e. The smallest absolute Gasteiger partial charge is 0.233 e. The monoisotopic (exact) mass is 409 g/mol. The zero-order valence-electron chi connectivity index (χ0n) is 17.1. The molecule has 0 spiro atoms. The van der Waals surface area contributed by atoms with Crippen LogP contribution < -0.4 is 25.0 Å². The summed E-state index contributed by atoms with van der Waals surface area (Å²) in [5.41, 5.74) is 2.50. The van der Waals surface area contributed by atoms with Crippen LogP contribution in [0, 0.1) is 0 Å².